The molecular formula is C14H10O4. The Kier molecular flexibility index (Phi) is 3.10. The van der Waals surface area contributed by atoms with Crippen LogP contribution in [0.1, 0.15) is 20.7 Å². The predicted molar refractivity (Wildman–Crippen MR) is 65.9 cm³/mol. The van der Waals surface area contributed by atoms with E-state index in [-0.39, 0.29) is 11.3 Å². The quantitative estimate of drug-likeness (QED) is 0.811. The average molecular weight is 242 g/mol. The van der Waals surface area contributed by atoms with E-state index < -0.39 is 5.97 Å². The van der Waals surface area contributed by atoms with Crippen LogP contribution in [-0.2, 0) is 0 Å². The summed E-state index contributed by atoms with van der Waals surface area (Å²) in [6, 6.07) is 10.8. The Labute approximate surface area is 103 Å². The van der Waals surface area contributed by atoms with Gasteiger partial charge in [0, 0.05) is 5.56 Å². The van der Waals surface area contributed by atoms with Crippen LogP contribution in [0.5, 0.6) is 5.75 Å². The normalized spacial score (nSPS) is 10.0. The third kappa shape index (κ3) is 2.38. The molecule has 2 aromatic rings. The number of aldehydes is 1. The molecule has 2 rings (SSSR count). The monoisotopic (exact) mass is 242 g/mol. The first-order chi connectivity index (χ1) is 8.60. The maximum atomic E-state index is 10.9. The first-order valence-electron chi connectivity index (χ1n) is 5.23. The molecule has 0 aromatic heterocycles. The Hall–Kier alpha value is -2.62. The second-order valence-corrected chi connectivity index (χ2v) is 3.82. The molecule has 0 aliphatic rings. The molecule has 0 heterocycles. The van der Waals surface area contributed by atoms with E-state index in [4.69, 9.17) is 5.11 Å². The van der Waals surface area contributed by atoms with Gasteiger partial charge in [-0.1, -0.05) is 18.2 Å². The minimum atomic E-state index is -1.11. The summed E-state index contributed by atoms with van der Waals surface area (Å²) in [5.74, 6) is -1.24. The zero-order valence-electron chi connectivity index (χ0n) is 9.33. The molecule has 0 aliphatic heterocycles. The van der Waals surface area contributed by atoms with Gasteiger partial charge >= 0.3 is 5.97 Å². The van der Waals surface area contributed by atoms with Gasteiger partial charge < -0.3 is 10.2 Å². The van der Waals surface area contributed by atoms with Gasteiger partial charge in [-0.3, -0.25) is 4.79 Å². The zero-order valence-corrected chi connectivity index (χ0v) is 9.33. The molecule has 0 saturated heterocycles. The van der Waals surface area contributed by atoms with Crippen LogP contribution in [0.15, 0.2) is 42.5 Å². The van der Waals surface area contributed by atoms with Crippen molar-refractivity contribution in [1.29, 1.82) is 0 Å². The van der Waals surface area contributed by atoms with Crippen molar-refractivity contribution in [2.24, 2.45) is 0 Å². The lowest BCUT2D eigenvalue weighted by Crippen LogP contribution is -1.96. The van der Waals surface area contributed by atoms with E-state index in [1.54, 1.807) is 24.3 Å². The van der Waals surface area contributed by atoms with Crippen LogP contribution in [0.2, 0.25) is 0 Å². The molecule has 18 heavy (non-hydrogen) atoms. The van der Waals surface area contributed by atoms with Crippen molar-refractivity contribution in [1.82, 2.24) is 0 Å². The van der Waals surface area contributed by atoms with Gasteiger partial charge in [-0.15, -0.1) is 0 Å². The number of phenols is 1. The summed E-state index contributed by atoms with van der Waals surface area (Å²) in [7, 11) is 0. The van der Waals surface area contributed by atoms with Gasteiger partial charge in [0.15, 0.2) is 0 Å². The molecule has 90 valence electrons. The topological polar surface area (TPSA) is 74.6 Å². The molecule has 4 heteroatoms. The summed E-state index contributed by atoms with van der Waals surface area (Å²) in [6.07, 6.45) is 0.713. The molecule has 0 bridgehead atoms. The Morgan fingerprint density at radius 1 is 1.06 bits per heavy atom. The second kappa shape index (κ2) is 4.71. The van der Waals surface area contributed by atoms with Crippen LogP contribution in [0.25, 0.3) is 11.1 Å². The highest BCUT2D eigenvalue weighted by atomic mass is 16.4. The molecular weight excluding hydrogens is 232 g/mol. The summed E-state index contributed by atoms with van der Waals surface area (Å²) in [6.45, 7) is 0. The summed E-state index contributed by atoms with van der Waals surface area (Å²) < 4.78 is 0. The Balaban J connectivity index is 2.55. The van der Waals surface area contributed by atoms with Gasteiger partial charge in [0.05, 0.1) is 5.56 Å². The Bertz CT molecular complexity index is 617. The third-order valence-electron chi connectivity index (χ3n) is 2.52. The molecule has 2 N–H and O–H groups in total. The van der Waals surface area contributed by atoms with Gasteiger partial charge in [0.25, 0.3) is 0 Å². The van der Waals surface area contributed by atoms with Gasteiger partial charge in [-0.05, 0) is 35.4 Å². The average Bonchev–Trinajstić information content (AvgIpc) is 2.38. The van der Waals surface area contributed by atoms with Gasteiger partial charge in [0.1, 0.15) is 12.0 Å². The number of benzene rings is 2. The molecule has 0 unspecified atom stereocenters. The molecule has 0 amide bonds. The number of aromatic carboxylic acids is 1. The first kappa shape index (κ1) is 11.9. The smallest absolute Gasteiger partial charge is 0.335 e. The fourth-order valence-electron chi connectivity index (χ4n) is 1.69. The Morgan fingerprint density at radius 3 is 2.50 bits per heavy atom. The third-order valence-corrected chi connectivity index (χ3v) is 2.52. The van der Waals surface area contributed by atoms with Crippen molar-refractivity contribution >= 4 is 12.3 Å². The highest BCUT2D eigenvalue weighted by molar-refractivity contribution is 5.90. The number of rotatable bonds is 3. The van der Waals surface area contributed by atoms with Crippen LogP contribution in [0, 0.1) is 0 Å². The number of phenolic OH excluding ortho intramolecular Hbond substituents is 1. The maximum absolute atomic E-state index is 10.9. The number of hydrogen-bond acceptors (Lipinski definition) is 3. The number of carbonyl (C=O) groups excluding carboxylic acids is 1. The van der Waals surface area contributed by atoms with Crippen LogP contribution in [0.3, 0.4) is 0 Å². The van der Waals surface area contributed by atoms with Gasteiger partial charge in [0.2, 0.25) is 0 Å². The van der Waals surface area contributed by atoms with Gasteiger partial charge in [-0.25, -0.2) is 4.79 Å². The first-order valence-corrected chi connectivity index (χ1v) is 5.23. The van der Waals surface area contributed by atoms with Gasteiger partial charge in [-0.2, -0.15) is 0 Å². The number of carboxylic acid groups (broad SMARTS) is 1. The molecule has 0 atom stereocenters. The van der Waals surface area contributed by atoms with E-state index in [1.165, 1.54) is 18.2 Å². The predicted octanol–water partition coefficient (Wildman–Crippen LogP) is 2.57. The van der Waals surface area contributed by atoms with Crippen LogP contribution >= 0.6 is 0 Å². The zero-order chi connectivity index (χ0) is 13.1. The minimum Gasteiger partial charge on any atom is -0.508 e. The molecule has 0 aliphatic carbocycles. The van der Waals surface area contributed by atoms with E-state index in [0.29, 0.717) is 23.0 Å². The SMILES string of the molecule is O=Cc1cccc(-c2cc(O)cc(C(=O)O)c2)c1. The number of carboxylic acids is 1. The molecule has 0 spiro atoms. The van der Waals surface area contributed by atoms with E-state index in [9.17, 15) is 14.7 Å². The number of carbonyl (C=O) groups is 2. The fraction of sp³-hybridized carbons (Fsp3) is 0. The van der Waals surface area contributed by atoms with Crippen molar-refractivity contribution in [3.8, 4) is 16.9 Å². The van der Waals surface area contributed by atoms with E-state index in [0.717, 1.165) is 0 Å². The van der Waals surface area contributed by atoms with Crippen molar-refractivity contribution < 1.29 is 19.8 Å². The van der Waals surface area contributed by atoms with Crippen molar-refractivity contribution in [2.45, 2.75) is 0 Å². The highest BCUT2D eigenvalue weighted by Gasteiger charge is 2.08. The summed E-state index contributed by atoms with van der Waals surface area (Å²) in [5, 5.41) is 18.4. The standard InChI is InChI=1S/C14H10O4/c15-8-9-2-1-3-10(4-9)11-5-12(14(17)18)7-13(16)6-11/h1-8,16H,(H,17,18). The molecule has 2 aromatic carbocycles. The maximum Gasteiger partial charge on any atom is 0.335 e. The highest BCUT2D eigenvalue weighted by Crippen LogP contribution is 2.26. The van der Waals surface area contributed by atoms with Crippen LogP contribution in [-0.4, -0.2) is 22.5 Å². The van der Waals surface area contributed by atoms with Crippen molar-refractivity contribution in [3.63, 3.8) is 0 Å². The fourth-order valence-corrected chi connectivity index (χ4v) is 1.69. The molecule has 0 saturated carbocycles. The van der Waals surface area contributed by atoms with Crippen LogP contribution < -0.4 is 0 Å². The summed E-state index contributed by atoms with van der Waals surface area (Å²) in [5.41, 5.74) is 1.73. The largest absolute Gasteiger partial charge is 0.508 e. The van der Waals surface area contributed by atoms with E-state index in [1.807, 2.05) is 0 Å². The molecule has 4 nitrogen and oxygen atoms in total. The second-order valence-electron chi connectivity index (χ2n) is 3.82. The minimum absolute atomic E-state index is 0.00139. The summed E-state index contributed by atoms with van der Waals surface area (Å²) in [4.78, 5) is 21.6. The molecule has 0 fully saturated rings. The lowest BCUT2D eigenvalue weighted by molar-refractivity contribution is 0.0696. The van der Waals surface area contributed by atoms with E-state index in [2.05, 4.69) is 0 Å². The number of aromatic hydroxyl groups is 1. The van der Waals surface area contributed by atoms with Crippen molar-refractivity contribution in [3.05, 3.63) is 53.6 Å². The molecule has 0 radical (unpaired) electrons. The van der Waals surface area contributed by atoms with E-state index >= 15 is 0 Å². The number of hydrogen-bond donors (Lipinski definition) is 2. The Morgan fingerprint density at radius 2 is 1.83 bits per heavy atom. The lowest BCUT2D eigenvalue weighted by Gasteiger charge is -2.05. The lowest BCUT2D eigenvalue weighted by atomic mass is 10.0. The van der Waals surface area contributed by atoms with Crippen molar-refractivity contribution in [2.75, 3.05) is 0 Å². The van der Waals surface area contributed by atoms with Crippen LogP contribution in [0.4, 0.5) is 0 Å². The summed E-state index contributed by atoms with van der Waals surface area (Å²) >= 11 is 0.